The molecule has 0 aliphatic heterocycles. The Hall–Kier alpha value is -0.900. The van der Waals surface area contributed by atoms with Crippen molar-refractivity contribution < 1.29 is 0 Å². The van der Waals surface area contributed by atoms with Gasteiger partial charge in [0.1, 0.15) is 0 Å². The van der Waals surface area contributed by atoms with Gasteiger partial charge in [0.2, 0.25) is 0 Å². The Morgan fingerprint density at radius 2 is 1.69 bits per heavy atom. The van der Waals surface area contributed by atoms with Crippen LogP contribution >= 0.6 is 34.0 Å². The van der Waals surface area contributed by atoms with Gasteiger partial charge in [-0.1, -0.05) is 6.07 Å². The number of hydrogen-bond donors (Lipinski definition) is 0. The molecule has 0 N–H and O–H groups in total. The van der Waals surface area contributed by atoms with Crippen LogP contribution in [0.2, 0.25) is 0 Å². The van der Waals surface area contributed by atoms with E-state index in [1.165, 1.54) is 25.1 Å². The molecule has 0 aliphatic carbocycles. The van der Waals surface area contributed by atoms with Crippen LogP contribution in [-0.2, 0) is 0 Å². The van der Waals surface area contributed by atoms with E-state index < -0.39 is 0 Å². The number of hydrogen-bond acceptors (Lipinski definition) is 3. The van der Waals surface area contributed by atoms with Crippen molar-refractivity contribution in [2.75, 3.05) is 0 Å². The van der Waals surface area contributed by atoms with E-state index in [4.69, 9.17) is 0 Å². The molecule has 3 rings (SSSR count). The Balaban J connectivity index is 2.03. The Morgan fingerprint density at radius 1 is 0.812 bits per heavy atom. The maximum absolute atomic E-state index is 2.23. The summed E-state index contributed by atoms with van der Waals surface area (Å²) >= 11 is 5.51. The third-order valence-corrected chi connectivity index (χ3v) is 5.80. The third kappa shape index (κ3) is 1.75. The summed E-state index contributed by atoms with van der Waals surface area (Å²) in [6, 6.07) is 10.9. The first-order valence-electron chi connectivity index (χ1n) is 5.03. The molecule has 0 amide bonds. The van der Waals surface area contributed by atoms with Gasteiger partial charge in [-0.25, -0.2) is 0 Å². The molecule has 3 aromatic heterocycles. The molecule has 0 bridgehead atoms. The van der Waals surface area contributed by atoms with Crippen molar-refractivity contribution in [3.63, 3.8) is 0 Å². The monoisotopic (exact) mass is 262 g/mol. The first-order chi connectivity index (χ1) is 7.84. The minimum atomic E-state index is 1.37. The maximum atomic E-state index is 2.23. The van der Waals surface area contributed by atoms with Gasteiger partial charge in [-0.3, -0.25) is 0 Å². The maximum Gasteiger partial charge on any atom is 0.0471 e. The molecule has 0 radical (unpaired) electrons. The zero-order valence-electron chi connectivity index (χ0n) is 8.77. The average Bonchev–Trinajstić information content (AvgIpc) is 2.96. The van der Waals surface area contributed by atoms with Gasteiger partial charge in [0, 0.05) is 19.5 Å². The van der Waals surface area contributed by atoms with Crippen LogP contribution in [0.1, 0.15) is 5.56 Å². The standard InChI is InChI=1S/C13H10S3/c1-9-6-8-15-13(9)12-5-4-11(16-12)10-3-2-7-14-10/h2-8H,1H3. The van der Waals surface area contributed by atoms with Gasteiger partial charge in [0.05, 0.1) is 0 Å². The second-order valence-corrected chi connectivity index (χ2v) is 6.52. The summed E-state index contributed by atoms with van der Waals surface area (Å²) in [5.74, 6) is 0. The fourth-order valence-electron chi connectivity index (χ4n) is 1.64. The smallest absolute Gasteiger partial charge is 0.0471 e. The first kappa shape index (κ1) is 10.3. The van der Waals surface area contributed by atoms with Crippen molar-refractivity contribution in [1.29, 1.82) is 0 Å². The van der Waals surface area contributed by atoms with Crippen LogP contribution in [-0.4, -0.2) is 0 Å². The average molecular weight is 262 g/mol. The number of rotatable bonds is 2. The molecule has 80 valence electrons. The SMILES string of the molecule is Cc1ccsc1-c1ccc(-c2cccs2)s1. The quantitative estimate of drug-likeness (QED) is 0.571. The molecule has 0 saturated carbocycles. The highest BCUT2D eigenvalue weighted by atomic mass is 32.1. The van der Waals surface area contributed by atoms with Gasteiger partial charge in [0.25, 0.3) is 0 Å². The molecule has 0 nitrogen and oxygen atoms in total. The molecule has 3 heteroatoms. The summed E-state index contributed by atoms with van der Waals surface area (Å²) in [5, 5.41) is 4.29. The molecule has 3 heterocycles. The molecular formula is C13H10S3. The van der Waals surface area contributed by atoms with Gasteiger partial charge < -0.3 is 0 Å². The van der Waals surface area contributed by atoms with E-state index in [1.807, 2.05) is 22.7 Å². The van der Waals surface area contributed by atoms with Crippen LogP contribution in [0.5, 0.6) is 0 Å². The summed E-state index contributed by atoms with van der Waals surface area (Å²) in [5.41, 5.74) is 1.38. The summed E-state index contributed by atoms with van der Waals surface area (Å²) in [4.78, 5) is 5.53. The van der Waals surface area contributed by atoms with Gasteiger partial charge >= 0.3 is 0 Å². The zero-order valence-corrected chi connectivity index (χ0v) is 11.2. The predicted octanol–water partition coefficient (Wildman–Crippen LogP) is 5.51. The first-order valence-corrected chi connectivity index (χ1v) is 7.60. The van der Waals surface area contributed by atoms with Crippen LogP contribution in [0.15, 0.2) is 41.1 Å². The topological polar surface area (TPSA) is 0 Å². The Labute approximate surface area is 107 Å². The fraction of sp³-hybridized carbons (Fsp3) is 0.0769. The lowest BCUT2D eigenvalue weighted by Gasteiger charge is -1.93. The molecule has 0 atom stereocenters. The summed E-state index contributed by atoms with van der Waals surface area (Å²) < 4.78 is 0. The fourth-order valence-corrected chi connectivity index (χ4v) is 4.60. The largest absolute Gasteiger partial charge is 0.143 e. The summed E-state index contributed by atoms with van der Waals surface area (Å²) in [6.07, 6.45) is 0. The van der Waals surface area contributed by atoms with Gasteiger partial charge in [0.15, 0.2) is 0 Å². The summed E-state index contributed by atoms with van der Waals surface area (Å²) in [7, 11) is 0. The highest BCUT2D eigenvalue weighted by molar-refractivity contribution is 7.25. The Bertz CT molecular complexity index is 584. The van der Waals surface area contributed by atoms with Gasteiger partial charge in [-0.05, 0) is 47.5 Å². The van der Waals surface area contributed by atoms with Crippen LogP contribution in [0, 0.1) is 6.92 Å². The molecule has 16 heavy (non-hydrogen) atoms. The van der Waals surface area contributed by atoms with E-state index in [1.54, 1.807) is 11.3 Å². The predicted molar refractivity (Wildman–Crippen MR) is 75.7 cm³/mol. The molecular weight excluding hydrogens is 252 g/mol. The van der Waals surface area contributed by atoms with Gasteiger partial charge in [-0.15, -0.1) is 34.0 Å². The van der Waals surface area contributed by atoms with E-state index in [-0.39, 0.29) is 0 Å². The zero-order chi connectivity index (χ0) is 11.0. The second kappa shape index (κ2) is 4.17. The molecule has 0 unspecified atom stereocenters. The minimum absolute atomic E-state index is 1.37. The second-order valence-electron chi connectivity index (χ2n) is 3.57. The van der Waals surface area contributed by atoms with Crippen molar-refractivity contribution in [2.45, 2.75) is 6.92 Å². The molecule has 0 aromatic carbocycles. The van der Waals surface area contributed by atoms with E-state index >= 15 is 0 Å². The van der Waals surface area contributed by atoms with Crippen LogP contribution in [0.4, 0.5) is 0 Å². The molecule has 0 aliphatic rings. The number of aryl methyl sites for hydroxylation is 1. The minimum Gasteiger partial charge on any atom is -0.143 e. The van der Waals surface area contributed by atoms with Crippen molar-refractivity contribution in [2.24, 2.45) is 0 Å². The van der Waals surface area contributed by atoms with Crippen LogP contribution < -0.4 is 0 Å². The lowest BCUT2D eigenvalue weighted by Crippen LogP contribution is -1.66. The Kier molecular flexibility index (Phi) is 2.67. The summed E-state index contributed by atoms with van der Waals surface area (Å²) in [6.45, 7) is 2.18. The van der Waals surface area contributed by atoms with Crippen molar-refractivity contribution >= 4 is 34.0 Å². The highest BCUT2D eigenvalue weighted by Crippen LogP contribution is 2.39. The highest BCUT2D eigenvalue weighted by Gasteiger charge is 2.08. The molecule has 0 saturated heterocycles. The third-order valence-electron chi connectivity index (χ3n) is 2.46. The van der Waals surface area contributed by atoms with E-state index in [0.29, 0.717) is 0 Å². The lowest BCUT2D eigenvalue weighted by molar-refractivity contribution is 1.56. The van der Waals surface area contributed by atoms with E-state index in [2.05, 4.69) is 48.0 Å². The Morgan fingerprint density at radius 3 is 2.38 bits per heavy atom. The molecule has 0 fully saturated rings. The van der Waals surface area contributed by atoms with Crippen molar-refractivity contribution in [1.82, 2.24) is 0 Å². The van der Waals surface area contributed by atoms with Crippen molar-refractivity contribution in [3.05, 3.63) is 46.7 Å². The molecule has 0 spiro atoms. The van der Waals surface area contributed by atoms with Crippen LogP contribution in [0.3, 0.4) is 0 Å². The normalized spacial score (nSPS) is 10.8. The van der Waals surface area contributed by atoms with Crippen molar-refractivity contribution in [3.8, 4) is 19.5 Å². The van der Waals surface area contributed by atoms with E-state index in [0.717, 1.165) is 0 Å². The van der Waals surface area contributed by atoms with Gasteiger partial charge in [-0.2, -0.15) is 0 Å². The number of thiophene rings is 3. The molecule has 3 aromatic rings. The van der Waals surface area contributed by atoms with E-state index in [9.17, 15) is 0 Å². The van der Waals surface area contributed by atoms with Crippen LogP contribution in [0.25, 0.3) is 19.5 Å². The lowest BCUT2D eigenvalue weighted by atomic mass is 10.2.